The maximum absolute atomic E-state index is 7.33. The van der Waals surface area contributed by atoms with E-state index in [0.29, 0.717) is 0 Å². The van der Waals surface area contributed by atoms with Gasteiger partial charge in [0.25, 0.3) is 16.6 Å². The van der Waals surface area contributed by atoms with Gasteiger partial charge in [0.05, 0.1) is 0 Å². The largest absolute Gasteiger partial charge is 0.543 e. The first-order valence-corrected chi connectivity index (χ1v) is 25.2. The number of benzene rings is 6. The van der Waals surface area contributed by atoms with Crippen molar-refractivity contribution in [2.45, 2.75) is 116 Å². The average Bonchev–Trinajstić information content (AvgIpc) is 3.77. The van der Waals surface area contributed by atoms with Crippen molar-refractivity contribution in [2.24, 2.45) is 10.8 Å². The number of fused-ring (bicyclic) bond motifs is 5. The first-order chi connectivity index (χ1) is 24.1. The monoisotopic (exact) mass is 722 g/mol. The van der Waals surface area contributed by atoms with Gasteiger partial charge in [-0.3, -0.25) is 0 Å². The molecule has 2 aliphatic carbocycles. The summed E-state index contributed by atoms with van der Waals surface area (Å²) in [6.45, 7) is 33.7. The second kappa shape index (κ2) is 10.5. The molecule has 2 aliphatic rings. The van der Waals surface area contributed by atoms with Crippen molar-refractivity contribution >= 4 is 59.7 Å². The van der Waals surface area contributed by atoms with Crippen LogP contribution in [0.15, 0.2) is 97.1 Å². The molecular weight excluding hydrogens is 665 g/mol. The lowest BCUT2D eigenvalue weighted by Gasteiger charge is -2.39. The van der Waals surface area contributed by atoms with E-state index in [-0.39, 0.29) is 31.7 Å². The first-order valence-electron chi connectivity index (χ1n) is 19.4. The third-order valence-corrected chi connectivity index (χ3v) is 23.7. The molecule has 4 heteroatoms. The quantitative estimate of drug-likeness (QED) is 0.126. The third kappa shape index (κ3) is 4.06. The van der Waals surface area contributed by atoms with Crippen molar-refractivity contribution < 1.29 is 8.85 Å². The minimum atomic E-state index is -2.15. The van der Waals surface area contributed by atoms with Gasteiger partial charge in [0.1, 0.15) is 11.5 Å². The van der Waals surface area contributed by atoms with Crippen LogP contribution in [-0.2, 0) is 10.8 Å². The van der Waals surface area contributed by atoms with Crippen LogP contribution in [0.2, 0.25) is 36.3 Å². The molecular formula is C48H58O2Si2. The predicted octanol–water partition coefficient (Wildman–Crippen LogP) is 14.3. The van der Waals surface area contributed by atoms with Crippen LogP contribution in [0.1, 0.15) is 80.4 Å². The molecule has 2 fully saturated rings. The van der Waals surface area contributed by atoms with Crippen molar-refractivity contribution in [3.05, 3.63) is 108 Å². The van der Waals surface area contributed by atoms with Gasteiger partial charge < -0.3 is 8.85 Å². The molecule has 0 spiro atoms. The highest BCUT2D eigenvalue weighted by atomic mass is 28.4. The highest BCUT2D eigenvalue weighted by molar-refractivity contribution is 6.75. The molecule has 0 bridgehead atoms. The van der Waals surface area contributed by atoms with Gasteiger partial charge in [-0.25, -0.2) is 0 Å². The molecule has 0 aromatic heterocycles. The SMILES string of the molecule is CC1(C)C2(c3c4ccccc4c(O[Si](C)(C)C(C)(C)C)c4ccccc34)C(C)(C)C12c1c2ccccc2c(O[Si](C)(C)C(C)(C)C)c2ccccc12. The van der Waals surface area contributed by atoms with Crippen molar-refractivity contribution in [3.63, 3.8) is 0 Å². The maximum atomic E-state index is 7.33. The van der Waals surface area contributed by atoms with Crippen LogP contribution in [0.5, 0.6) is 11.5 Å². The van der Waals surface area contributed by atoms with Crippen LogP contribution in [0.25, 0.3) is 43.1 Å². The van der Waals surface area contributed by atoms with E-state index in [0.717, 1.165) is 11.5 Å². The van der Waals surface area contributed by atoms with Gasteiger partial charge in [-0.15, -0.1) is 0 Å². The number of hydrogen-bond donors (Lipinski definition) is 0. The Bertz CT molecular complexity index is 2150. The summed E-state index contributed by atoms with van der Waals surface area (Å²) in [7, 11) is -4.29. The molecule has 0 N–H and O–H groups in total. The fraction of sp³-hybridized carbons (Fsp3) is 0.417. The Labute approximate surface area is 314 Å². The summed E-state index contributed by atoms with van der Waals surface area (Å²) >= 11 is 0. The normalized spacial score (nSPS) is 22.5. The van der Waals surface area contributed by atoms with Gasteiger partial charge >= 0.3 is 0 Å². The maximum Gasteiger partial charge on any atom is 0.250 e. The summed E-state index contributed by atoms with van der Waals surface area (Å²) in [5.74, 6) is 2.12. The fourth-order valence-electron chi connectivity index (χ4n) is 10.9. The Morgan fingerprint density at radius 1 is 0.385 bits per heavy atom. The molecule has 0 amide bonds. The standard InChI is InChI=1S/C48H58O2Si2/c1-43(2,3)51(11,12)49-41-35-27-19-15-23-31(35)39(32-24-16-20-28-36(32)41)47-45(7,8)48(47,46(47,9)10)40-33-25-17-21-29-37(33)42(38-30-22-18-26-34(38)40)50-52(13,14)44(4,5)6/h15-30H,1-14H3. The zero-order chi connectivity index (χ0) is 37.7. The Morgan fingerprint density at radius 3 is 0.808 bits per heavy atom. The van der Waals surface area contributed by atoms with Gasteiger partial charge in [-0.2, -0.15) is 0 Å². The zero-order valence-corrected chi connectivity index (χ0v) is 36.1. The first kappa shape index (κ1) is 35.4. The van der Waals surface area contributed by atoms with Crippen LogP contribution in [-0.4, -0.2) is 16.6 Å². The lowest BCUT2D eigenvalue weighted by molar-refractivity contribution is 0.227. The molecule has 8 rings (SSSR count). The van der Waals surface area contributed by atoms with Crippen LogP contribution in [0, 0.1) is 10.8 Å². The summed E-state index contributed by atoms with van der Waals surface area (Å²) in [4.78, 5) is 0. The second-order valence-corrected chi connectivity index (χ2v) is 29.5. The van der Waals surface area contributed by atoms with E-state index in [1.807, 2.05) is 0 Å². The molecule has 2 nitrogen and oxygen atoms in total. The molecule has 0 radical (unpaired) electrons. The minimum absolute atomic E-state index is 0.00973. The van der Waals surface area contributed by atoms with Crippen LogP contribution in [0.4, 0.5) is 0 Å². The lowest BCUT2D eigenvalue weighted by Crippen LogP contribution is -2.44. The van der Waals surface area contributed by atoms with E-state index in [9.17, 15) is 0 Å². The third-order valence-electron chi connectivity index (χ3n) is 15.0. The summed E-state index contributed by atoms with van der Waals surface area (Å²) in [5.41, 5.74) is 2.76. The van der Waals surface area contributed by atoms with E-state index in [1.165, 1.54) is 54.2 Å². The summed E-state index contributed by atoms with van der Waals surface area (Å²) < 4.78 is 14.7. The van der Waals surface area contributed by atoms with E-state index < -0.39 is 16.6 Å². The van der Waals surface area contributed by atoms with Crippen molar-refractivity contribution in [2.75, 3.05) is 0 Å². The Kier molecular flexibility index (Phi) is 7.18. The molecule has 270 valence electrons. The molecule has 6 aromatic rings. The number of hydrogen-bond acceptors (Lipinski definition) is 2. The average molecular weight is 723 g/mol. The topological polar surface area (TPSA) is 18.5 Å². The Morgan fingerprint density at radius 2 is 0.596 bits per heavy atom. The van der Waals surface area contributed by atoms with Crippen molar-refractivity contribution in [1.29, 1.82) is 0 Å². The van der Waals surface area contributed by atoms with Gasteiger partial charge in [-0.05, 0) is 79.8 Å². The van der Waals surface area contributed by atoms with Gasteiger partial charge in [0, 0.05) is 32.4 Å². The molecule has 52 heavy (non-hydrogen) atoms. The van der Waals surface area contributed by atoms with E-state index >= 15 is 0 Å². The molecule has 2 saturated carbocycles. The highest BCUT2D eigenvalue weighted by Crippen LogP contribution is 3.05. The minimum Gasteiger partial charge on any atom is -0.543 e. The van der Waals surface area contributed by atoms with E-state index in [4.69, 9.17) is 8.85 Å². The molecule has 0 heterocycles. The Balaban J connectivity index is 1.46. The summed E-state index contributed by atoms with van der Waals surface area (Å²) in [6, 6.07) is 36.5. The van der Waals surface area contributed by atoms with E-state index in [2.05, 4.69) is 192 Å². The smallest absolute Gasteiger partial charge is 0.250 e. The Hall–Kier alpha value is -3.61. The second-order valence-electron chi connectivity index (χ2n) is 20.1. The summed E-state index contributed by atoms with van der Waals surface area (Å²) in [6.07, 6.45) is 0. The van der Waals surface area contributed by atoms with Crippen molar-refractivity contribution in [1.82, 2.24) is 0 Å². The van der Waals surface area contributed by atoms with E-state index in [1.54, 1.807) is 0 Å². The summed E-state index contributed by atoms with van der Waals surface area (Å²) in [5, 5.41) is 10.5. The highest BCUT2D eigenvalue weighted by Gasteiger charge is 3.06. The van der Waals surface area contributed by atoms with Crippen LogP contribution in [0.3, 0.4) is 0 Å². The lowest BCUT2D eigenvalue weighted by atomic mass is 9.66. The van der Waals surface area contributed by atoms with Crippen molar-refractivity contribution in [3.8, 4) is 11.5 Å². The zero-order valence-electron chi connectivity index (χ0n) is 34.1. The van der Waals surface area contributed by atoms with Crippen LogP contribution < -0.4 is 8.85 Å². The number of rotatable bonds is 6. The molecule has 0 atom stereocenters. The molecule has 0 unspecified atom stereocenters. The van der Waals surface area contributed by atoms with Gasteiger partial charge in [0.2, 0.25) is 0 Å². The predicted molar refractivity (Wildman–Crippen MR) is 229 cm³/mol. The van der Waals surface area contributed by atoms with Crippen LogP contribution >= 0.6 is 0 Å². The molecule has 6 aromatic carbocycles. The molecule has 0 saturated heterocycles. The molecule has 0 aliphatic heterocycles. The van der Waals surface area contributed by atoms with Gasteiger partial charge in [0.15, 0.2) is 0 Å². The van der Waals surface area contributed by atoms with Gasteiger partial charge in [-0.1, -0.05) is 166 Å². The fourth-order valence-corrected chi connectivity index (χ4v) is 13.0.